The molecule has 1 saturated heterocycles. The minimum absolute atomic E-state index is 0.0868. The van der Waals surface area contributed by atoms with Crippen LogP contribution < -0.4 is 0 Å². The van der Waals surface area contributed by atoms with Gasteiger partial charge in [-0.05, 0) is 45.3 Å². The van der Waals surface area contributed by atoms with Gasteiger partial charge in [0.25, 0.3) is 0 Å². The molecular weight excluding hydrogens is 244 g/mol. The summed E-state index contributed by atoms with van der Waals surface area (Å²) in [5.74, 6) is 8.17. The molecule has 2 heteroatoms. The van der Waals surface area contributed by atoms with Gasteiger partial charge in [0.05, 0.1) is 0 Å². The zero-order chi connectivity index (χ0) is 13.3. The zero-order valence-electron chi connectivity index (χ0n) is 12.3. The molecule has 0 aliphatic carbocycles. The molecule has 1 rings (SSSR count). The number of thioether (sulfide) groups is 2. The monoisotopic (exact) mass is 270 g/mol. The molecule has 1 aliphatic heterocycles. The van der Waals surface area contributed by atoms with Gasteiger partial charge in [-0.3, -0.25) is 0 Å². The van der Waals surface area contributed by atoms with Gasteiger partial charge in [0, 0.05) is 10.7 Å². The lowest BCUT2D eigenvalue weighted by atomic mass is 9.90. The van der Waals surface area contributed by atoms with Gasteiger partial charge in [-0.1, -0.05) is 32.6 Å². The van der Waals surface area contributed by atoms with E-state index in [0.717, 1.165) is 5.25 Å². The summed E-state index contributed by atoms with van der Waals surface area (Å²) in [5.41, 5.74) is 0.495. The first-order valence-electron chi connectivity index (χ1n) is 6.38. The summed E-state index contributed by atoms with van der Waals surface area (Å²) in [6.07, 6.45) is 1.31. The predicted molar refractivity (Wildman–Crippen MR) is 83.5 cm³/mol. The molecule has 0 saturated carbocycles. The fraction of sp³-hybridized carbons (Fsp3) is 0.867. The summed E-state index contributed by atoms with van der Waals surface area (Å²) >= 11 is 4.09. The molecule has 0 amide bonds. The van der Waals surface area contributed by atoms with E-state index in [-0.39, 0.29) is 9.49 Å². The highest BCUT2D eigenvalue weighted by molar-refractivity contribution is 8.19. The van der Waals surface area contributed by atoms with Crippen LogP contribution in [0.3, 0.4) is 0 Å². The maximum absolute atomic E-state index is 3.52. The summed E-state index contributed by atoms with van der Waals surface area (Å²) in [7, 11) is 0. The maximum Gasteiger partial charge on any atom is 0.119 e. The van der Waals surface area contributed by atoms with Crippen molar-refractivity contribution >= 4 is 23.5 Å². The molecule has 0 aromatic heterocycles. The van der Waals surface area contributed by atoms with Gasteiger partial charge in [-0.25, -0.2) is 0 Å². The van der Waals surface area contributed by atoms with Gasteiger partial charge in [0.2, 0.25) is 0 Å². The molecular formula is C15H26S2. The largest absolute Gasteiger partial charge is 0.132 e. The molecule has 1 fully saturated rings. The summed E-state index contributed by atoms with van der Waals surface area (Å²) in [6, 6.07) is 0. The van der Waals surface area contributed by atoms with Crippen molar-refractivity contribution in [2.45, 2.75) is 64.2 Å². The first-order chi connectivity index (χ1) is 7.52. The van der Waals surface area contributed by atoms with Crippen LogP contribution in [0.1, 0.15) is 54.9 Å². The van der Waals surface area contributed by atoms with Crippen LogP contribution in [0.5, 0.6) is 0 Å². The Morgan fingerprint density at radius 3 is 2.18 bits per heavy atom. The molecule has 1 aliphatic rings. The van der Waals surface area contributed by atoms with Crippen LogP contribution in [0.25, 0.3) is 0 Å². The normalized spacial score (nSPS) is 30.6. The van der Waals surface area contributed by atoms with Crippen molar-refractivity contribution < 1.29 is 0 Å². The average molecular weight is 271 g/mol. The SMILES string of the molecule is CC(C)(C)C#C[C@@]1(C)SCCC(C(C)(C)C)S1. The van der Waals surface area contributed by atoms with Gasteiger partial charge in [-0.2, -0.15) is 0 Å². The Morgan fingerprint density at radius 2 is 1.71 bits per heavy atom. The fourth-order valence-corrected chi connectivity index (χ4v) is 4.83. The van der Waals surface area contributed by atoms with E-state index in [1.54, 1.807) is 0 Å². The Kier molecular flexibility index (Phi) is 4.59. The molecule has 0 aromatic carbocycles. The quantitative estimate of drug-likeness (QED) is 0.566. The second kappa shape index (κ2) is 5.10. The highest BCUT2D eigenvalue weighted by Gasteiger charge is 2.37. The smallest absolute Gasteiger partial charge is 0.119 e. The van der Waals surface area contributed by atoms with Crippen LogP contribution in [0.4, 0.5) is 0 Å². The van der Waals surface area contributed by atoms with Crippen LogP contribution in [0.15, 0.2) is 0 Å². The van der Waals surface area contributed by atoms with Crippen LogP contribution in [-0.4, -0.2) is 15.1 Å². The highest BCUT2D eigenvalue weighted by atomic mass is 32.2. The third kappa shape index (κ3) is 5.18. The van der Waals surface area contributed by atoms with Crippen LogP contribution in [0.2, 0.25) is 0 Å². The van der Waals surface area contributed by atoms with Gasteiger partial charge in [0.1, 0.15) is 4.08 Å². The third-order valence-electron chi connectivity index (χ3n) is 2.76. The molecule has 0 nitrogen and oxygen atoms in total. The lowest BCUT2D eigenvalue weighted by Gasteiger charge is -2.40. The van der Waals surface area contributed by atoms with Crippen molar-refractivity contribution in [3.63, 3.8) is 0 Å². The Morgan fingerprint density at radius 1 is 1.12 bits per heavy atom. The van der Waals surface area contributed by atoms with E-state index in [2.05, 4.69) is 72.1 Å². The van der Waals surface area contributed by atoms with E-state index in [0.29, 0.717) is 5.41 Å². The molecule has 0 radical (unpaired) electrons. The Bertz CT molecular complexity index is 322. The van der Waals surface area contributed by atoms with Gasteiger partial charge < -0.3 is 0 Å². The second-order valence-corrected chi connectivity index (χ2v) is 10.4. The van der Waals surface area contributed by atoms with Gasteiger partial charge in [0.15, 0.2) is 0 Å². The minimum Gasteiger partial charge on any atom is -0.132 e. The first-order valence-corrected chi connectivity index (χ1v) is 8.24. The lowest BCUT2D eigenvalue weighted by molar-refractivity contribution is 0.387. The van der Waals surface area contributed by atoms with Crippen molar-refractivity contribution in [3.8, 4) is 11.8 Å². The summed E-state index contributed by atoms with van der Waals surface area (Å²) < 4.78 is 0.0868. The Labute approximate surface area is 116 Å². The van der Waals surface area contributed by atoms with E-state index < -0.39 is 0 Å². The van der Waals surface area contributed by atoms with Crippen molar-refractivity contribution in [2.75, 3.05) is 5.75 Å². The van der Waals surface area contributed by atoms with E-state index in [9.17, 15) is 0 Å². The molecule has 0 bridgehead atoms. The third-order valence-corrected chi connectivity index (χ3v) is 6.27. The van der Waals surface area contributed by atoms with Gasteiger partial charge >= 0.3 is 0 Å². The molecule has 17 heavy (non-hydrogen) atoms. The molecule has 1 unspecified atom stereocenters. The van der Waals surface area contributed by atoms with E-state index in [1.165, 1.54) is 12.2 Å². The predicted octanol–water partition coefficient (Wildman–Crippen LogP) is 5.04. The number of hydrogen-bond acceptors (Lipinski definition) is 2. The summed E-state index contributed by atoms with van der Waals surface area (Å²) in [4.78, 5) is 0. The second-order valence-electron chi connectivity index (χ2n) is 7.06. The van der Waals surface area contributed by atoms with E-state index >= 15 is 0 Å². The number of rotatable bonds is 0. The van der Waals surface area contributed by atoms with Crippen LogP contribution in [-0.2, 0) is 0 Å². The molecule has 98 valence electrons. The van der Waals surface area contributed by atoms with Crippen molar-refractivity contribution in [2.24, 2.45) is 10.8 Å². The Hall–Kier alpha value is 0.260. The highest BCUT2D eigenvalue weighted by Crippen LogP contribution is 2.50. The number of hydrogen-bond donors (Lipinski definition) is 0. The van der Waals surface area contributed by atoms with E-state index in [1.807, 2.05) is 11.8 Å². The topological polar surface area (TPSA) is 0 Å². The van der Waals surface area contributed by atoms with Crippen LogP contribution in [0, 0.1) is 22.7 Å². The summed E-state index contributed by atoms with van der Waals surface area (Å²) in [6.45, 7) is 15.9. The molecule has 2 atom stereocenters. The average Bonchev–Trinajstić information content (AvgIpc) is 2.13. The fourth-order valence-electron chi connectivity index (χ4n) is 1.70. The first kappa shape index (κ1) is 15.3. The Balaban J connectivity index is 2.80. The minimum atomic E-state index is 0.0868. The molecule has 0 N–H and O–H groups in total. The standard InChI is InChI=1S/C15H26S2/c1-13(2,3)9-10-15(7)16-11-8-12(17-15)14(4,5)6/h12H,8,11H2,1-7H3/t12?,15-/m0/s1. The zero-order valence-corrected chi connectivity index (χ0v) is 13.9. The van der Waals surface area contributed by atoms with Crippen molar-refractivity contribution in [1.82, 2.24) is 0 Å². The molecule has 0 spiro atoms. The van der Waals surface area contributed by atoms with Gasteiger partial charge in [-0.15, -0.1) is 23.5 Å². The maximum atomic E-state index is 3.52. The lowest BCUT2D eigenvalue weighted by Crippen LogP contribution is -2.33. The van der Waals surface area contributed by atoms with Crippen molar-refractivity contribution in [1.29, 1.82) is 0 Å². The summed E-state index contributed by atoms with van der Waals surface area (Å²) in [5, 5.41) is 0.725. The van der Waals surface area contributed by atoms with E-state index in [4.69, 9.17) is 0 Å². The van der Waals surface area contributed by atoms with Crippen molar-refractivity contribution in [3.05, 3.63) is 0 Å². The molecule has 0 aromatic rings. The van der Waals surface area contributed by atoms with Crippen LogP contribution >= 0.6 is 23.5 Å². The molecule has 1 heterocycles.